The number of carbonyl (C=O) groups is 2. The molecule has 0 radical (unpaired) electrons. The Hall–Kier alpha value is -3.16. The number of nitrogens with one attached hydrogen (secondary N) is 2. The van der Waals surface area contributed by atoms with E-state index in [1.807, 2.05) is 18.2 Å². The molecule has 0 spiro atoms. The van der Waals surface area contributed by atoms with Crippen molar-refractivity contribution in [1.29, 1.82) is 0 Å². The molecule has 162 valence electrons. The molecule has 0 bridgehead atoms. The second-order valence-electron chi connectivity index (χ2n) is 7.70. The summed E-state index contributed by atoms with van der Waals surface area (Å²) in [7, 11) is 0. The number of carbonyl (C=O) groups excluding carboxylic acids is 2. The number of amides is 2. The van der Waals surface area contributed by atoms with Gasteiger partial charge >= 0.3 is 0 Å². The highest BCUT2D eigenvalue weighted by Gasteiger charge is 2.47. The topological polar surface area (TPSA) is 92.7 Å². The van der Waals surface area contributed by atoms with E-state index in [2.05, 4.69) is 27.5 Å². The molecule has 2 heterocycles. The van der Waals surface area contributed by atoms with Gasteiger partial charge in [-0.2, -0.15) is 0 Å². The van der Waals surface area contributed by atoms with Gasteiger partial charge in [-0.1, -0.05) is 30.1 Å². The summed E-state index contributed by atoms with van der Waals surface area (Å²) in [4.78, 5) is 32.9. The predicted octanol–water partition coefficient (Wildman–Crippen LogP) is 4.75. The number of aromatic nitrogens is 1. The zero-order chi connectivity index (χ0) is 22.4. The van der Waals surface area contributed by atoms with Crippen molar-refractivity contribution in [1.82, 2.24) is 10.3 Å². The molecule has 1 saturated carbocycles. The number of amidine groups is 1. The van der Waals surface area contributed by atoms with Crippen LogP contribution in [0.15, 0.2) is 47.6 Å². The van der Waals surface area contributed by atoms with Crippen molar-refractivity contribution in [2.75, 3.05) is 5.32 Å². The van der Waals surface area contributed by atoms with Gasteiger partial charge in [-0.05, 0) is 54.8 Å². The van der Waals surface area contributed by atoms with E-state index >= 15 is 0 Å². The van der Waals surface area contributed by atoms with E-state index in [9.17, 15) is 9.59 Å². The van der Waals surface area contributed by atoms with E-state index in [1.165, 1.54) is 12.1 Å². The Balaban J connectivity index is 1.37. The second-order valence-corrected chi connectivity index (χ2v) is 8.52. The lowest BCUT2D eigenvalue weighted by molar-refractivity contribution is -0.122. The van der Waals surface area contributed by atoms with Gasteiger partial charge in [0.2, 0.25) is 5.91 Å². The number of aliphatic imine (C=N–C) groups is 1. The van der Waals surface area contributed by atoms with Gasteiger partial charge < -0.3 is 15.4 Å². The third kappa shape index (κ3) is 3.89. The fourth-order valence-electron chi connectivity index (χ4n) is 3.72. The van der Waals surface area contributed by atoms with E-state index in [1.54, 1.807) is 12.3 Å². The number of rotatable bonds is 5. The normalized spacial score (nSPS) is 19.1. The summed E-state index contributed by atoms with van der Waals surface area (Å²) in [5, 5.41) is 6.65. The van der Waals surface area contributed by atoms with Gasteiger partial charge in [0.1, 0.15) is 5.75 Å². The Kier molecular flexibility index (Phi) is 5.23. The number of nitrogens with zero attached hydrogens (tertiary/aromatic N) is 2. The van der Waals surface area contributed by atoms with E-state index in [4.69, 9.17) is 27.9 Å². The third-order valence-electron chi connectivity index (χ3n) is 5.51. The van der Waals surface area contributed by atoms with Crippen LogP contribution in [0, 0.1) is 5.92 Å². The first-order valence-electron chi connectivity index (χ1n) is 10.2. The zero-order valence-electron chi connectivity index (χ0n) is 17.0. The highest BCUT2D eigenvalue weighted by Crippen LogP contribution is 2.40. The summed E-state index contributed by atoms with van der Waals surface area (Å²) in [5.74, 6) is 0.0326. The fraction of sp³-hybridized carbons (Fsp3) is 0.217. The van der Waals surface area contributed by atoms with Crippen LogP contribution in [0.2, 0.25) is 10.0 Å². The van der Waals surface area contributed by atoms with Crippen molar-refractivity contribution in [2.45, 2.75) is 25.8 Å². The van der Waals surface area contributed by atoms with Gasteiger partial charge in [0, 0.05) is 17.3 Å². The minimum absolute atomic E-state index is 0.00202. The van der Waals surface area contributed by atoms with Crippen LogP contribution in [-0.2, 0) is 16.0 Å². The van der Waals surface area contributed by atoms with Gasteiger partial charge in [0.05, 0.1) is 27.5 Å². The smallest absolute Gasteiger partial charge is 0.291 e. The molecular formula is C23H18Cl2N4O3. The van der Waals surface area contributed by atoms with Crippen molar-refractivity contribution in [3.05, 3.63) is 58.2 Å². The Morgan fingerprint density at radius 3 is 2.72 bits per heavy atom. The summed E-state index contributed by atoms with van der Waals surface area (Å²) in [5.41, 5.74) is 2.40. The molecule has 0 saturated heterocycles. The molecule has 1 aliphatic heterocycles. The Morgan fingerprint density at radius 1 is 1.22 bits per heavy atom. The van der Waals surface area contributed by atoms with Crippen molar-refractivity contribution < 1.29 is 14.3 Å². The first-order valence-corrected chi connectivity index (χ1v) is 10.9. The predicted molar refractivity (Wildman–Crippen MR) is 124 cm³/mol. The van der Waals surface area contributed by atoms with Gasteiger partial charge in [-0.3, -0.25) is 19.6 Å². The van der Waals surface area contributed by atoms with Crippen LogP contribution in [0.5, 0.6) is 11.5 Å². The van der Waals surface area contributed by atoms with E-state index in [0.29, 0.717) is 17.9 Å². The number of pyridine rings is 1. The van der Waals surface area contributed by atoms with Gasteiger partial charge in [0.25, 0.3) is 5.91 Å². The maximum Gasteiger partial charge on any atom is 0.291 e. The lowest BCUT2D eigenvalue weighted by atomic mass is 10.1. The number of ether oxygens (including phenoxy) is 1. The number of fused-ring (bicyclic) bond motifs is 2. The molecule has 2 aliphatic rings. The highest BCUT2D eigenvalue weighted by molar-refractivity contribution is 6.45. The molecule has 7 nitrogen and oxygen atoms in total. The molecule has 2 unspecified atom stereocenters. The Bertz CT molecular complexity index is 1280. The Labute approximate surface area is 193 Å². The maximum absolute atomic E-state index is 12.5. The van der Waals surface area contributed by atoms with E-state index in [-0.39, 0.29) is 39.5 Å². The van der Waals surface area contributed by atoms with Gasteiger partial charge in [-0.25, -0.2) is 0 Å². The summed E-state index contributed by atoms with van der Waals surface area (Å²) in [6.07, 6.45) is 3.33. The van der Waals surface area contributed by atoms with Crippen molar-refractivity contribution in [3.63, 3.8) is 0 Å². The quantitative estimate of drug-likeness (QED) is 0.564. The summed E-state index contributed by atoms with van der Waals surface area (Å²) in [6, 6.07) is 10.5. The molecule has 2 atom stereocenters. The van der Waals surface area contributed by atoms with E-state index in [0.717, 1.165) is 22.9 Å². The first kappa shape index (κ1) is 20.7. The molecule has 3 aromatic rings. The van der Waals surface area contributed by atoms with Crippen molar-refractivity contribution >= 4 is 57.4 Å². The van der Waals surface area contributed by atoms with Crippen LogP contribution in [0.25, 0.3) is 10.9 Å². The van der Waals surface area contributed by atoms with Crippen LogP contribution >= 0.6 is 23.2 Å². The van der Waals surface area contributed by atoms with Gasteiger partial charge in [0.15, 0.2) is 11.6 Å². The minimum Gasteiger partial charge on any atom is -0.454 e. The molecular weight excluding hydrogens is 451 g/mol. The molecule has 2 aromatic carbocycles. The molecule has 9 heteroatoms. The summed E-state index contributed by atoms with van der Waals surface area (Å²) < 4.78 is 5.97. The number of anilines is 1. The molecule has 2 N–H and O–H groups in total. The molecule has 1 aliphatic carbocycles. The van der Waals surface area contributed by atoms with Gasteiger partial charge in [-0.15, -0.1) is 0 Å². The SMILES string of the molecule is CCc1ccnc2ccc(Oc3c(Cl)cc(NC(=O)C4=NC5CC5C(=O)N4)cc3Cl)cc12. The number of aryl methyl sites for hydroxylation is 1. The molecule has 1 fully saturated rings. The summed E-state index contributed by atoms with van der Waals surface area (Å²) in [6.45, 7) is 2.08. The second kappa shape index (κ2) is 8.07. The summed E-state index contributed by atoms with van der Waals surface area (Å²) >= 11 is 12.8. The average Bonchev–Trinajstić information content (AvgIpc) is 3.56. The maximum atomic E-state index is 12.5. The number of halogens is 2. The zero-order valence-corrected chi connectivity index (χ0v) is 18.5. The van der Waals surface area contributed by atoms with Crippen LogP contribution in [0.1, 0.15) is 18.9 Å². The fourth-order valence-corrected chi connectivity index (χ4v) is 4.28. The van der Waals surface area contributed by atoms with Crippen molar-refractivity contribution in [2.24, 2.45) is 10.9 Å². The number of hydrogen-bond donors (Lipinski definition) is 2. The largest absolute Gasteiger partial charge is 0.454 e. The monoisotopic (exact) mass is 468 g/mol. The lowest BCUT2D eigenvalue weighted by Crippen LogP contribution is -2.43. The first-order chi connectivity index (χ1) is 15.4. The van der Waals surface area contributed by atoms with Crippen molar-refractivity contribution in [3.8, 4) is 11.5 Å². The highest BCUT2D eigenvalue weighted by atomic mass is 35.5. The number of benzene rings is 2. The molecule has 32 heavy (non-hydrogen) atoms. The standard InChI is InChI=1S/C23H18Cl2N4O3/c1-2-11-5-6-26-18-4-3-13(9-14(11)18)32-20-16(24)7-12(8-17(20)25)27-23(31)21-28-19-10-15(19)22(30)29-21/h3-9,15,19H,2,10H2,1H3,(H,27,31)(H,28,29,30). The van der Waals surface area contributed by atoms with Crippen LogP contribution in [0.3, 0.4) is 0 Å². The lowest BCUT2D eigenvalue weighted by Gasteiger charge is -2.15. The Morgan fingerprint density at radius 2 is 2.00 bits per heavy atom. The van der Waals surface area contributed by atoms with E-state index < -0.39 is 5.91 Å². The minimum atomic E-state index is -0.529. The molecule has 1 aromatic heterocycles. The molecule has 2 amide bonds. The van der Waals surface area contributed by atoms with Crippen LogP contribution in [-0.4, -0.2) is 28.7 Å². The number of hydrogen-bond acceptors (Lipinski definition) is 5. The third-order valence-corrected chi connectivity index (χ3v) is 6.07. The molecule has 5 rings (SSSR count). The average molecular weight is 469 g/mol. The van der Waals surface area contributed by atoms with Crippen LogP contribution < -0.4 is 15.4 Å². The van der Waals surface area contributed by atoms with Crippen LogP contribution in [0.4, 0.5) is 5.69 Å².